The molecule has 0 aliphatic rings. The standard InChI is InChI=1S/C23H44O5/c1-2-3-4-5-6-7-8-9-10-11-12-13-14-15-16-17-18-19-22(26)28-23(27)21(25)20-24/h9-10,21,23-25,27H,2-8,11-20H2,1H3/b10-9-. The molecule has 0 saturated heterocycles. The number of hydrogen-bond donors (Lipinski definition) is 3. The lowest BCUT2D eigenvalue weighted by atomic mass is 10.1. The van der Waals surface area contributed by atoms with Gasteiger partial charge < -0.3 is 20.1 Å². The molecule has 0 amide bonds. The van der Waals surface area contributed by atoms with Gasteiger partial charge in [0, 0.05) is 6.42 Å². The Bertz CT molecular complexity index is 370. The van der Waals surface area contributed by atoms with Gasteiger partial charge >= 0.3 is 5.97 Å². The maximum absolute atomic E-state index is 11.5. The van der Waals surface area contributed by atoms with Crippen LogP contribution in [0.4, 0.5) is 0 Å². The second-order valence-corrected chi connectivity index (χ2v) is 7.67. The molecule has 0 bridgehead atoms. The summed E-state index contributed by atoms with van der Waals surface area (Å²) in [6.07, 6.45) is 20.1. The van der Waals surface area contributed by atoms with E-state index in [0.29, 0.717) is 0 Å². The third-order valence-corrected chi connectivity index (χ3v) is 4.91. The summed E-state index contributed by atoms with van der Waals surface area (Å²) in [6, 6.07) is 0. The van der Waals surface area contributed by atoms with Gasteiger partial charge in [-0.1, -0.05) is 83.3 Å². The summed E-state index contributed by atoms with van der Waals surface area (Å²) in [7, 11) is 0. The van der Waals surface area contributed by atoms with Crippen LogP contribution in [0, 0.1) is 0 Å². The minimum absolute atomic E-state index is 0.235. The quantitative estimate of drug-likeness (QED) is 0.116. The Hall–Kier alpha value is -0.910. The van der Waals surface area contributed by atoms with E-state index in [1.807, 2.05) is 0 Å². The number of rotatable bonds is 20. The molecule has 0 fully saturated rings. The highest BCUT2D eigenvalue weighted by Gasteiger charge is 2.19. The summed E-state index contributed by atoms with van der Waals surface area (Å²) < 4.78 is 4.63. The van der Waals surface area contributed by atoms with Crippen LogP contribution in [0.2, 0.25) is 0 Å². The predicted molar refractivity (Wildman–Crippen MR) is 114 cm³/mol. The molecule has 166 valence electrons. The second-order valence-electron chi connectivity index (χ2n) is 7.67. The monoisotopic (exact) mass is 400 g/mol. The largest absolute Gasteiger partial charge is 0.433 e. The first-order chi connectivity index (χ1) is 13.6. The number of carbonyl (C=O) groups is 1. The number of hydrogen-bond acceptors (Lipinski definition) is 5. The number of esters is 1. The van der Waals surface area contributed by atoms with Crippen molar-refractivity contribution in [2.24, 2.45) is 0 Å². The van der Waals surface area contributed by atoms with Gasteiger partial charge in [0.2, 0.25) is 6.29 Å². The lowest BCUT2D eigenvalue weighted by Gasteiger charge is -2.15. The Kier molecular flexibility index (Phi) is 20.1. The minimum atomic E-state index is -1.64. The average Bonchev–Trinajstić information content (AvgIpc) is 2.69. The zero-order valence-electron chi connectivity index (χ0n) is 18.0. The molecule has 3 N–H and O–H groups in total. The normalized spacial score (nSPS) is 13.7. The van der Waals surface area contributed by atoms with Crippen LogP contribution in [0.3, 0.4) is 0 Å². The first kappa shape index (κ1) is 27.1. The van der Waals surface area contributed by atoms with Crippen molar-refractivity contribution in [1.82, 2.24) is 0 Å². The molecule has 28 heavy (non-hydrogen) atoms. The van der Waals surface area contributed by atoms with E-state index >= 15 is 0 Å². The van der Waals surface area contributed by atoms with Crippen molar-refractivity contribution in [2.75, 3.05) is 6.61 Å². The average molecular weight is 401 g/mol. The molecule has 0 spiro atoms. The summed E-state index contributed by atoms with van der Waals surface area (Å²) in [4.78, 5) is 11.5. The van der Waals surface area contributed by atoms with Crippen LogP contribution >= 0.6 is 0 Å². The van der Waals surface area contributed by atoms with Gasteiger partial charge in [-0.05, 0) is 32.1 Å². The highest BCUT2D eigenvalue weighted by Crippen LogP contribution is 2.12. The van der Waals surface area contributed by atoms with Gasteiger partial charge in [0.25, 0.3) is 0 Å². The third kappa shape index (κ3) is 18.5. The van der Waals surface area contributed by atoms with Gasteiger partial charge in [0.05, 0.1) is 6.61 Å². The molecule has 0 aliphatic carbocycles. The molecule has 5 heteroatoms. The van der Waals surface area contributed by atoms with Crippen molar-refractivity contribution in [3.8, 4) is 0 Å². The Morgan fingerprint density at radius 1 is 0.786 bits per heavy atom. The number of aliphatic hydroxyl groups excluding tert-OH is 3. The smallest absolute Gasteiger partial charge is 0.308 e. The summed E-state index contributed by atoms with van der Waals surface area (Å²) >= 11 is 0. The van der Waals surface area contributed by atoms with Crippen LogP contribution in [-0.2, 0) is 9.53 Å². The summed E-state index contributed by atoms with van der Waals surface area (Å²) in [5, 5.41) is 27.0. The van der Waals surface area contributed by atoms with Crippen LogP contribution in [0.5, 0.6) is 0 Å². The van der Waals surface area contributed by atoms with E-state index in [4.69, 9.17) is 10.2 Å². The van der Waals surface area contributed by atoms with Gasteiger partial charge in [-0.3, -0.25) is 4.79 Å². The number of allylic oxidation sites excluding steroid dienone is 2. The van der Waals surface area contributed by atoms with Crippen molar-refractivity contribution in [3.05, 3.63) is 12.2 Å². The maximum Gasteiger partial charge on any atom is 0.308 e. The van der Waals surface area contributed by atoms with Crippen molar-refractivity contribution >= 4 is 5.97 Å². The van der Waals surface area contributed by atoms with Gasteiger partial charge in [0.15, 0.2) is 0 Å². The molecule has 0 aliphatic heterocycles. The van der Waals surface area contributed by atoms with Crippen molar-refractivity contribution in [3.63, 3.8) is 0 Å². The number of carbonyl (C=O) groups excluding carboxylic acids is 1. The summed E-state index contributed by atoms with van der Waals surface area (Å²) in [6.45, 7) is 1.62. The van der Waals surface area contributed by atoms with E-state index < -0.39 is 25.0 Å². The van der Waals surface area contributed by atoms with Crippen molar-refractivity contribution in [1.29, 1.82) is 0 Å². The maximum atomic E-state index is 11.5. The van der Waals surface area contributed by atoms with Crippen molar-refractivity contribution in [2.45, 2.75) is 122 Å². The van der Waals surface area contributed by atoms with Gasteiger partial charge in [-0.15, -0.1) is 0 Å². The minimum Gasteiger partial charge on any atom is -0.433 e. The molecule has 0 aromatic carbocycles. The van der Waals surface area contributed by atoms with E-state index in [2.05, 4.69) is 23.8 Å². The Balaban J connectivity index is 3.29. The van der Waals surface area contributed by atoms with Gasteiger partial charge in [-0.25, -0.2) is 0 Å². The van der Waals surface area contributed by atoms with Crippen LogP contribution in [0.1, 0.15) is 110 Å². The Labute approximate surface area is 172 Å². The Morgan fingerprint density at radius 3 is 1.75 bits per heavy atom. The molecule has 0 radical (unpaired) electrons. The molecule has 0 rings (SSSR count). The highest BCUT2D eigenvalue weighted by atomic mass is 16.6. The molecule has 0 saturated carbocycles. The zero-order valence-corrected chi connectivity index (χ0v) is 18.0. The fraction of sp³-hybridized carbons (Fsp3) is 0.870. The molecule has 5 nitrogen and oxygen atoms in total. The fourth-order valence-corrected chi connectivity index (χ4v) is 3.06. The van der Waals surface area contributed by atoms with Crippen molar-refractivity contribution < 1.29 is 24.9 Å². The lowest BCUT2D eigenvalue weighted by Crippen LogP contribution is -2.33. The number of aliphatic hydroxyl groups is 3. The molecule has 0 aromatic rings. The molecular weight excluding hydrogens is 356 g/mol. The van der Waals surface area contributed by atoms with Crippen LogP contribution in [0.15, 0.2) is 12.2 Å². The summed E-state index contributed by atoms with van der Waals surface area (Å²) in [5.41, 5.74) is 0. The number of ether oxygens (including phenoxy) is 1. The van der Waals surface area contributed by atoms with E-state index in [9.17, 15) is 9.90 Å². The van der Waals surface area contributed by atoms with E-state index in [1.165, 1.54) is 77.0 Å². The lowest BCUT2D eigenvalue weighted by molar-refractivity contribution is -0.190. The molecule has 0 aromatic heterocycles. The van der Waals surface area contributed by atoms with E-state index in [0.717, 1.165) is 19.3 Å². The second kappa shape index (κ2) is 20.8. The molecule has 2 unspecified atom stereocenters. The fourth-order valence-electron chi connectivity index (χ4n) is 3.06. The van der Waals surface area contributed by atoms with Gasteiger partial charge in [0.1, 0.15) is 6.10 Å². The number of unbranched alkanes of at least 4 members (excludes halogenated alkanes) is 13. The molecule has 0 heterocycles. The third-order valence-electron chi connectivity index (χ3n) is 4.91. The van der Waals surface area contributed by atoms with Crippen LogP contribution in [0.25, 0.3) is 0 Å². The highest BCUT2D eigenvalue weighted by molar-refractivity contribution is 5.69. The van der Waals surface area contributed by atoms with E-state index in [-0.39, 0.29) is 6.42 Å². The molecular formula is C23H44O5. The predicted octanol–water partition coefficient (Wildman–Crippen LogP) is 5.02. The zero-order chi connectivity index (χ0) is 20.9. The molecule has 2 atom stereocenters. The van der Waals surface area contributed by atoms with Crippen LogP contribution < -0.4 is 0 Å². The van der Waals surface area contributed by atoms with E-state index in [1.54, 1.807) is 0 Å². The summed E-state index contributed by atoms with van der Waals surface area (Å²) in [5.74, 6) is -0.534. The topological polar surface area (TPSA) is 87.0 Å². The SMILES string of the molecule is CCCCCCCC/C=C\CCCCCCCCCC(=O)OC(O)C(O)CO. The van der Waals surface area contributed by atoms with Gasteiger partial charge in [-0.2, -0.15) is 0 Å². The van der Waals surface area contributed by atoms with Crippen LogP contribution in [-0.4, -0.2) is 40.3 Å². The first-order valence-corrected chi connectivity index (χ1v) is 11.4. The Morgan fingerprint density at radius 2 is 1.25 bits per heavy atom. The first-order valence-electron chi connectivity index (χ1n) is 11.4.